The van der Waals surface area contributed by atoms with Gasteiger partial charge in [0, 0.05) is 31.6 Å². The third-order valence-electron chi connectivity index (χ3n) is 4.41. The smallest absolute Gasteiger partial charge is 0.251 e. The Morgan fingerprint density at radius 2 is 1.70 bits per heavy atom. The Morgan fingerprint density at radius 1 is 0.963 bits per heavy atom. The van der Waals surface area contributed by atoms with Crippen LogP contribution in [0.3, 0.4) is 0 Å². The van der Waals surface area contributed by atoms with Crippen molar-refractivity contribution >= 4 is 22.8 Å². The van der Waals surface area contributed by atoms with Crippen molar-refractivity contribution < 1.29 is 9.59 Å². The number of imidazole rings is 1. The highest BCUT2D eigenvalue weighted by atomic mass is 16.2. The molecule has 27 heavy (non-hydrogen) atoms. The molecule has 0 atom stereocenters. The second kappa shape index (κ2) is 8.98. The summed E-state index contributed by atoms with van der Waals surface area (Å²) in [7, 11) is 0. The number of amides is 2. The SMILES string of the molecule is Cc1nc2ccccc2n1CCNC(=O)CCCNC(=O)c1ccccc1. The standard InChI is InChI=1S/C21H24N4O2/c1-16-24-18-10-5-6-11-19(18)25(16)15-14-22-20(26)12-7-13-23-21(27)17-8-3-2-4-9-17/h2-6,8-11H,7,12-15H2,1H3,(H,22,26)(H,23,27). The zero-order valence-corrected chi connectivity index (χ0v) is 15.4. The fourth-order valence-electron chi connectivity index (χ4n) is 3.02. The lowest BCUT2D eigenvalue weighted by molar-refractivity contribution is -0.121. The first-order valence-electron chi connectivity index (χ1n) is 9.17. The van der Waals surface area contributed by atoms with Crippen LogP contribution >= 0.6 is 0 Å². The van der Waals surface area contributed by atoms with Gasteiger partial charge in [0.05, 0.1) is 11.0 Å². The first-order valence-corrected chi connectivity index (χ1v) is 9.17. The predicted octanol–water partition coefficient (Wildman–Crippen LogP) is 2.67. The first kappa shape index (κ1) is 18.6. The van der Waals surface area contributed by atoms with E-state index >= 15 is 0 Å². The van der Waals surface area contributed by atoms with Crippen molar-refractivity contribution in [3.8, 4) is 0 Å². The number of benzene rings is 2. The van der Waals surface area contributed by atoms with Gasteiger partial charge in [-0.2, -0.15) is 0 Å². The van der Waals surface area contributed by atoms with Gasteiger partial charge in [-0.25, -0.2) is 4.98 Å². The van der Waals surface area contributed by atoms with Crippen LogP contribution in [0.1, 0.15) is 29.0 Å². The number of fused-ring (bicyclic) bond motifs is 1. The molecule has 1 heterocycles. The fraction of sp³-hybridized carbons (Fsp3) is 0.286. The number of carbonyl (C=O) groups is 2. The van der Waals surface area contributed by atoms with Gasteiger partial charge >= 0.3 is 0 Å². The molecule has 0 spiro atoms. The number of hydrogen-bond donors (Lipinski definition) is 2. The van der Waals surface area contributed by atoms with Crippen LogP contribution in [0, 0.1) is 6.92 Å². The minimum Gasteiger partial charge on any atom is -0.354 e. The molecule has 1 aromatic heterocycles. The third-order valence-corrected chi connectivity index (χ3v) is 4.41. The molecule has 0 aliphatic heterocycles. The van der Waals surface area contributed by atoms with Crippen LogP contribution in [0.5, 0.6) is 0 Å². The highest BCUT2D eigenvalue weighted by Gasteiger charge is 2.08. The van der Waals surface area contributed by atoms with Crippen LogP contribution in [0.15, 0.2) is 54.6 Å². The zero-order chi connectivity index (χ0) is 19.1. The van der Waals surface area contributed by atoms with Crippen LogP contribution in [0.2, 0.25) is 0 Å². The molecule has 0 saturated carbocycles. The normalized spacial score (nSPS) is 10.7. The van der Waals surface area contributed by atoms with Crippen molar-refractivity contribution in [1.29, 1.82) is 0 Å². The van der Waals surface area contributed by atoms with Gasteiger partial charge in [-0.1, -0.05) is 30.3 Å². The molecule has 3 rings (SSSR count). The second-order valence-electron chi connectivity index (χ2n) is 6.37. The van der Waals surface area contributed by atoms with E-state index in [2.05, 4.69) is 20.2 Å². The Balaban J connectivity index is 1.36. The van der Waals surface area contributed by atoms with E-state index in [-0.39, 0.29) is 11.8 Å². The van der Waals surface area contributed by atoms with E-state index in [1.54, 1.807) is 12.1 Å². The summed E-state index contributed by atoms with van der Waals surface area (Å²) in [5.41, 5.74) is 2.67. The minimum atomic E-state index is -0.113. The topological polar surface area (TPSA) is 76.0 Å². The Bertz CT molecular complexity index is 918. The molecule has 140 valence electrons. The van der Waals surface area contributed by atoms with E-state index in [1.165, 1.54) is 0 Å². The van der Waals surface area contributed by atoms with Crippen LogP contribution in [-0.4, -0.2) is 34.5 Å². The number of rotatable bonds is 8. The Labute approximate surface area is 158 Å². The molecular weight excluding hydrogens is 340 g/mol. The molecule has 0 bridgehead atoms. The lowest BCUT2D eigenvalue weighted by Gasteiger charge is -2.09. The summed E-state index contributed by atoms with van der Waals surface area (Å²) >= 11 is 0. The van der Waals surface area contributed by atoms with Gasteiger partial charge in [0.1, 0.15) is 5.82 Å². The molecule has 2 amide bonds. The number of aromatic nitrogens is 2. The van der Waals surface area contributed by atoms with Gasteiger partial charge in [0.2, 0.25) is 5.91 Å². The molecule has 0 unspecified atom stereocenters. The van der Waals surface area contributed by atoms with E-state index in [0.717, 1.165) is 16.9 Å². The molecule has 0 aliphatic carbocycles. The Hall–Kier alpha value is -3.15. The number of nitrogens with zero attached hydrogens (tertiary/aromatic N) is 2. The summed E-state index contributed by atoms with van der Waals surface area (Å²) in [5, 5.41) is 5.76. The van der Waals surface area contributed by atoms with E-state index in [1.807, 2.05) is 49.4 Å². The summed E-state index contributed by atoms with van der Waals surface area (Å²) < 4.78 is 2.11. The quantitative estimate of drug-likeness (QED) is 0.604. The molecule has 0 saturated heterocycles. The van der Waals surface area contributed by atoms with Gasteiger partial charge in [0.25, 0.3) is 5.91 Å². The van der Waals surface area contributed by atoms with Crippen molar-refractivity contribution in [3.63, 3.8) is 0 Å². The molecule has 0 aliphatic rings. The predicted molar refractivity (Wildman–Crippen MR) is 105 cm³/mol. The maximum absolute atomic E-state index is 12.0. The van der Waals surface area contributed by atoms with E-state index in [4.69, 9.17) is 0 Å². The van der Waals surface area contributed by atoms with Gasteiger partial charge in [-0.3, -0.25) is 9.59 Å². The number of hydrogen-bond acceptors (Lipinski definition) is 3. The zero-order valence-electron chi connectivity index (χ0n) is 15.4. The molecule has 2 N–H and O–H groups in total. The second-order valence-corrected chi connectivity index (χ2v) is 6.37. The molecular formula is C21H24N4O2. The van der Waals surface area contributed by atoms with Gasteiger partial charge < -0.3 is 15.2 Å². The van der Waals surface area contributed by atoms with E-state index in [9.17, 15) is 9.59 Å². The number of aryl methyl sites for hydroxylation is 1. The molecule has 0 fully saturated rings. The summed E-state index contributed by atoms with van der Waals surface area (Å²) in [4.78, 5) is 28.4. The largest absolute Gasteiger partial charge is 0.354 e. The average Bonchev–Trinajstić information content (AvgIpc) is 3.01. The maximum Gasteiger partial charge on any atom is 0.251 e. The van der Waals surface area contributed by atoms with Crippen molar-refractivity contribution in [2.24, 2.45) is 0 Å². The molecule has 6 heteroatoms. The molecule has 2 aromatic carbocycles. The average molecular weight is 364 g/mol. The van der Waals surface area contributed by atoms with Gasteiger partial charge in [-0.15, -0.1) is 0 Å². The number of nitrogens with one attached hydrogen (secondary N) is 2. The van der Waals surface area contributed by atoms with Crippen LogP contribution in [0.4, 0.5) is 0 Å². The van der Waals surface area contributed by atoms with Crippen molar-refractivity contribution in [3.05, 3.63) is 66.0 Å². The van der Waals surface area contributed by atoms with E-state index < -0.39 is 0 Å². The molecule has 6 nitrogen and oxygen atoms in total. The Morgan fingerprint density at radius 3 is 2.52 bits per heavy atom. The van der Waals surface area contributed by atoms with Gasteiger partial charge in [0.15, 0.2) is 0 Å². The van der Waals surface area contributed by atoms with E-state index in [0.29, 0.717) is 38.0 Å². The van der Waals surface area contributed by atoms with Crippen LogP contribution < -0.4 is 10.6 Å². The summed E-state index contributed by atoms with van der Waals surface area (Å²) in [6.45, 7) is 3.68. The van der Waals surface area contributed by atoms with Crippen molar-refractivity contribution in [2.45, 2.75) is 26.3 Å². The van der Waals surface area contributed by atoms with Crippen LogP contribution in [-0.2, 0) is 11.3 Å². The molecule has 0 radical (unpaired) electrons. The molecule has 3 aromatic rings. The number of carbonyl (C=O) groups excluding carboxylic acids is 2. The summed E-state index contributed by atoms with van der Waals surface area (Å²) in [6.07, 6.45) is 0.996. The third kappa shape index (κ3) is 4.94. The van der Waals surface area contributed by atoms with Crippen molar-refractivity contribution in [1.82, 2.24) is 20.2 Å². The summed E-state index contributed by atoms with van der Waals surface area (Å²) in [6, 6.07) is 17.0. The minimum absolute atomic E-state index is 0.00830. The fourth-order valence-corrected chi connectivity index (χ4v) is 3.02. The highest BCUT2D eigenvalue weighted by Crippen LogP contribution is 2.14. The summed E-state index contributed by atoms with van der Waals surface area (Å²) in [5.74, 6) is 0.818. The van der Waals surface area contributed by atoms with Gasteiger partial charge in [-0.05, 0) is 37.6 Å². The van der Waals surface area contributed by atoms with Crippen LogP contribution in [0.25, 0.3) is 11.0 Å². The maximum atomic E-state index is 12.0. The lowest BCUT2D eigenvalue weighted by Crippen LogP contribution is -2.29. The number of para-hydroxylation sites is 2. The highest BCUT2D eigenvalue weighted by molar-refractivity contribution is 5.94. The lowest BCUT2D eigenvalue weighted by atomic mass is 10.2. The first-order chi connectivity index (χ1) is 13.1. The Kier molecular flexibility index (Phi) is 6.20. The monoisotopic (exact) mass is 364 g/mol. The van der Waals surface area contributed by atoms with Crippen molar-refractivity contribution in [2.75, 3.05) is 13.1 Å².